The molecule has 0 fully saturated rings. The van der Waals surface area contributed by atoms with Gasteiger partial charge >= 0.3 is 5.97 Å². The summed E-state index contributed by atoms with van der Waals surface area (Å²) in [5.74, 6) is -1.49. The van der Waals surface area contributed by atoms with Gasteiger partial charge in [-0.3, -0.25) is 9.59 Å². The Morgan fingerprint density at radius 2 is 1.88 bits per heavy atom. The highest BCUT2D eigenvalue weighted by Gasteiger charge is 2.25. The maximum Gasteiger partial charge on any atom is 0.329 e. The lowest BCUT2D eigenvalue weighted by Gasteiger charge is -2.17. The van der Waals surface area contributed by atoms with Gasteiger partial charge in [0.05, 0.1) is 6.26 Å². The van der Waals surface area contributed by atoms with Crippen molar-refractivity contribution in [1.29, 1.82) is 0 Å². The van der Waals surface area contributed by atoms with Gasteiger partial charge in [-0.25, -0.2) is 4.79 Å². The summed E-state index contributed by atoms with van der Waals surface area (Å²) in [7, 11) is 0. The number of hydrogen-bond donors (Lipinski definition) is 2. The maximum atomic E-state index is 12.4. The Morgan fingerprint density at radius 1 is 1.12 bits per heavy atom. The van der Waals surface area contributed by atoms with E-state index >= 15 is 0 Å². The number of furan rings is 1. The highest BCUT2D eigenvalue weighted by Crippen LogP contribution is 2.07. The Bertz CT molecular complexity index is 713. The fourth-order valence-electron chi connectivity index (χ4n) is 2.23. The minimum absolute atomic E-state index is 0.0940. The van der Waals surface area contributed by atoms with Gasteiger partial charge in [0.25, 0.3) is 11.8 Å². The molecule has 0 saturated carbocycles. The van der Waals surface area contributed by atoms with Crippen LogP contribution >= 0.6 is 0 Å². The highest BCUT2D eigenvalue weighted by molar-refractivity contribution is 5.94. The molecule has 0 aliphatic heterocycles. The van der Waals surface area contributed by atoms with Gasteiger partial charge in [0.1, 0.15) is 6.04 Å². The molecule has 7 heteroatoms. The number of benzene rings is 1. The number of ether oxygens (including phenoxy) is 1. The molecule has 1 heterocycles. The molecule has 2 rings (SSSR count). The van der Waals surface area contributed by atoms with Crippen LogP contribution in [0.4, 0.5) is 0 Å². The van der Waals surface area contributed by atoms with Crippen LogP contribution in [-0.4, -0.2) is 37.0 Å². The number of rotatable bonds is 9. The molecule has 2 N–H and O–H groups in total. The zero-order valence-electron chi connectivity index (χ0n) is 14.6. The Morgan fingerprint density at radius 3 is 2.54 bits per heavy atom. The first-order valence-electron chi connectivity index (χ1n) is 8.41. The molecule has 0 bridgehead atoms. The quantitative estimate of drug-likeness (QED) is 0.665. The standard InChI is InChI=1S/C19H22N2O5/c1-2-10-20-17(22)13-26-19(24)15(12-14-7-4-3-5-8-14)21-18(23)16-9-6-11-25-16/h3-9,11,15H,2,10,12-13H2,1H3,(H,20,22)(H,21,23). The highest BCUT2D eigenvalue weighted by atomic mass is 16.5. The van der Waals surface area contributed by atoms with Crippen LogP contribution in [0.25, 0.3) is 0 Å². The molecular weight excluding hydrogens is 336 g/mol. The fourth-order valence-corrected chi connectivity index (χ4v) is 2.23. The number of esters is 1. The third kappa shape index (κ3) is 6.08. The summed E-state index contributed by atoms with van der Waals surface area (Å²) in [6.45, 7) is 2.05. The lowest BCUT2D eigenvalue weighted by Crippen LogP contribution is -2.44. The van der Waals surface area contributed by atoms with Gasteiger partial charge in [0, 0.05) is 13.0 Å². The molecular formula is C19H22N2O5. The van der Waals surface area contributed by atoms with E-state index in [1.807, 2.05) is 37.3 Å². The second-order valence-corrected chi connectivity index (χ2v) is 5.65. The van der Waals surface area contributed by atoms with E-state index in [0.717, 1.165) is 12.0 Å². The molecule has 7 nitrogen and oxygen atoms in total. The SMILES string of the molecule is CCCNC(=O)COC(=O)C(Cc1ccccc1)NC(=O)c1ccco1. The van der Waals surface area contributed by atoms with Crippen LogP contribution in [0.2, 0.25) is 0 Å². The molecule has 0 radical (unpaired) electrons. The lowest BCUT2D eigenvalue weighted by atomic mass is 10.1. The first-order chi connectivity index (χ1) is 12.6. The third-order valence-electron chi connectivity index (χ3n) is 3.54. The predicted octanol–water partition coefficient (Wildman–Crippen LogP) is 1.69. The molecule has 2 aromatic rings. The first-order valence-corrected chi connectivity index (χ1v) is 8.41. The van der Waals surface area contributed by atoms with Crippen LogP contribution in [0.1, 0.15) is 29.5 Å². The van der Waals surface area contributed by atoms with E-state index in [0.29, 0.717) is 6.54 Å². The average molecular weight is 358 g/mol. The van der Waals surface area contributed by atoms with Crippen LogP contribution in [0, 0.1) is 0 Å². The molecule has 0 aliphatic rings. The van der Waals surface area contributed by atoms with Crippen LogP contribution in [0.3, 0.4) is 0 Å². The zero-order valence-corrected chi connectivity index (χ0v) is 14.6. The van der Waals surface area contributed by atoms with Gasteiger partial charge in [-0.05, 0) is 24.1 Å². The summed E-state index contributed by atoms with van der Waals surface area (Å²) < 4.78 is 10.1. The topological polar surface area (TPSA) is 97.6 Å². The van der Waals surface area contributed by atoms with Gasteiger partial charge in [-0.2, -0.15) is 0 Å². The minimum atomic E-state index is -0.936. The number of carbonyl (C=O) groups excluding carboxylic acids is 3. The van der Waals surface area contributed by atoms with E-state index < -0.39 is 17.9 Å². The molecule has 1 atom stereocenters. The molecule has 138 valence electrons. The van der Waals surface area contributed by atoms with Gasteiger partial charge in [0.15, 0.2) is 12.4 Å². The van der Waals surface area contributed by atoms with Crippen molar-refractivity contribution in [3.05, 3.63) is 60.1 Å². The molecule has 0 saturated heterocycles. The van der Waals surface area contributed by atoms with Crippen LogP contribution < -0.4 is 10.6 Å². The van der Waals surface area contributed by atoms with E-state index in [1.54, 1.807) is 6.07 Å². The summed E-state index contributed by atoms with van der Waals surface area (Å²) in [5.41, 5.74) is 0.852. The molecule has 1 unspecified atom stereocenters. The van der Waals surface area contributed by atoms with Gasteiger partial charge in [-0.15, -0.1) is 0 Å². The average Bonchev–Trinajstić information content (AvgIpc) is 3.19. The number of hydrogen-bond acceptors (Lipinski definition) is 5. The van der Waals surface area contributed by atoms with Crippen LogP contribution in [-0.2, 0) is 20.7 Å². The maximum absolute atomic E-state index is 12.4. The van der Waals surface area contributed by atoms with Crippen LogP contribution in [0.5, 0.6) is 0 Å². The van der Waals surface area contributed by atoms with Gasteiger partial charge < -0.3 is 19.8 Å². The summed E-state index contributed by atoms with van der Waals surface area (Å²) in [5, 5.41) is 5.22. The van der Waals surface area contributed by atoms with Crippen molar-refractivity contribution < 1.29 is 23.5 Å². The normalized spacial score (nSPS) is 11.4. The lowest BCUT2D eigenvalue weighted by molar-refractivity contribution is -0.150. The molecule has 1 aromatic heterocycles. The summed E-state index contributed by atoms with van der Waals surface area (Å²) in [6, 6.07) is 11.4. The van der Waals surface area contributed by atoms with Crippen molar-refractivity contribution in [3.63, 3.8) is 0 Å². The Kier molecular flexibility index (Phi) is 7.42. The van der Waals surface area contributed by atoms with Crippen molar-refractivity contribution in [1.82, 2.24) is 10.6 Å². The Hall–Kier alpha value is -3.09. The van der Waals surface area contributed by atoms with Crippen molar-refractivity contribution in [2.45, 2.75) is 25.8 Å². The predicted molar refractivity (Wildman–Crippen MR) is 94.4 cm³/mol. The molecule has 0 spiro atoms. The fraction of sp³-hybridized carbons (Fsp3) is 0.316. The van der Waals surface area contributed by atoms with Crippen LogP contribution in [0.15, 0.2) is 53.1 Å². The number of carbonyl (C=O) groups is 3. The zero-order chi connectivity index (χ0) is 18.8. The van der Waals surface area contributed by atoms with E-state index in [9.17, 15) is 14.4 Å². The monoisotopic (exact) mass is 358 g/mol. The molecule has 0 aliphatic carbocycles. The second-order valence-electron chi connectivity index (χ2n) is 5.65. The van der Waals surface area contributed by atoms with E-state index in [-0.39, 0.29) is 24.7 Å². The molecule has 1 aromatic carbocycles. The first kappa shape index (κ1) is 19.2. The largest absolute Gasteiger partial charge is 0.459 e. The van der Waals surface area contributed by atoms with Crippen molar-refractivity contribution in [2.75, 3.05) is 13.2 Å². The third-order valence-corrected chi connectivity index (χ3v) is 3.54. The minimum Gasteiger partial charge on any atom is -0.459 e. The van der Waals surface area contributed by atoms with Crippen molar-refractivity contribution in [3.8, 4) is 0 Å². The Balaban J connectivity index is 2.00. The second kappa shape index (κ2) is 10.0. The molecule has 26 heavy (non-hydrogen) atoms. The Labute approximate surface area is 151 Å². The summed E-state index contributed by atoms with van der Waals surface area (Å²) in [6.07, 6.45) is 2.40. The van der Waals surface area contributed by atoms with Crippen molar-refractivity contribution in [2.24, 2.45) is 0 Å². The van der Waals surface area contributed by atoms with E-state index in [4.69, 9.17) is 9.15 Å². The van der Waals surface area contributed by atoms with Gasteiger partial charge in [0.2, 0.25) is 0 Å². The number of nitrogens with one attached hydrogen (secondary N) is 2. The van der Waals surface area contributed by atoms with Crippen molar-refractivity contribution >= 4 is 17.8 Å². The number of amides is 2. The van der Waals surface area contributed by atoms with Gasteiger partial charge in [-0.1, -0.05) is 37.3 Å². The van der Waals surface area contributed by atoms with E-state index in [2.05, 4.69) is 10.6 Å². The molecule has 2 amide bonds. The smallest absolute Gasteiger partial charge is 0.329 e. The summed E-state index contributed by atoms with van der Waals surface area (Å²) >= 11 is 0. The summed E-state index contributed by atoms with van der Waals surface area (Å²) in [4.78, 5) is 36.2. The van der Waals surface area contributed by atoms with E-state index in [1.165, 1.54) is 12.3 Å².